The fourth-order valence-corrected chi connectivity index (χ4v) is 3.79. The third-order valence-electron chi connectivity index (χ3n) is 4.70. The Morgan fingerprint density at radius 2 is 1.57 bits per heavy atom. The first-order valence-corrected chi connectivity index (χ1v) is 6.46. The predicted molar refractivity (Wildman–Crippen MR) is 59.0 cm³/mol. The summed E-state index contributed by atoms with van der Waals surface area (Å²) < 4.78 is 0. The minimum absolute atomic E-state index is 0.432. The molecule has 4 unspecified atom stereocenters. The third kappa shape index (κ3) is 1.98. The Morgan fingerprint density at radius 1 is 1.00 bits per heavy atom. The number of aliphatic hydroxyl groups excluding tert-OH is 1. The summed E-state index contributed by atoms with van der Waals surface area (Å²) in [5.74, 6) is 3.42. The maximum Gasteiger partial charge on any atom is 0.0462 e. The lowest BCUT2D eigenvalue weighted by molar-refractivity contribution is 0.0422. The zero-order valence-electron chi connectivity index (χ0n) is 9.41. The molecule has 2 fully saturated rings. The van der Waals surface area contributed by atoms with Gasteiger partial charge in [0.05, 0.1) is 0 Å². The standard InChI is InChI=1S/C13H24O/c1-2-10-7-11-5-3-4-6-12(11)8-13(10)9-14/h10-14H,2-9H2,1H3. The summed E-state index contributed by atoms with van der Waals surface area (Å²) in [6.45, 7) is 2.72. The molecule has 0 amide bonds. The van der Waals surface area contributed by atoms with Crippen molar-refractivity contribution < 1.29 is 5.11 Å². The molecule has 2 saturated carbocycles. The quantitative estimate of drug-likeness (QED) is 0.719. The number of hydrogen-bond acceptors (Lipinski definition) is 1. The van der Waals surface area contributed by atoms with E-state index in [2.05, 4.69) is 6.92 Å². The molecule has 2 aliphatic carbocycles. The summed E-state index contributed by atoms with van der Waals surface area (Å²) in [6.07, 6.45) is 9.81. The van der Waals surface area contributed by atoms with Gasteiger partial charge in [-0.15, -0.1) is 0 Å². The highest BCUT2D eigenvalue weighted by Gasteiger charge is 2.36. The third-order valence-corrected chi connectivity index (χ3v) is 4.70. The lowest BCUT2D eigenvalue weighted by atomic mass is 9.63. The highest BCUT2D eigenvalue weighted by molar-refractivity contribution is 4.87. The van der Waals surface area contributed by atoms with Crippen molar-refractivity contribution in [3.63, 3.8) is 0 Å². The van der Waals surface area contributed by atoms with E-state index in [9.17, 15) is 5.11 Å². The molecule has 0 aromatic rings. The van der Waals surface area contributed by atoms with Crippen LogP contribution in [0.1, 0.15) is 51.9 Å². The first-order chi connectivity index (χ1) is 6.85. The number of fused-ring (bicyclic) bond motifs is 1. The van der Waals surface area contributed by atoms with Gasteiger partial charge in [-0.1, -0.05) is 39.0 Å². The van der Waals surface area contributed by atoms with Crippen LogP contribution in [-0.2, 0) is 0 Å². The molecule has 1 N–H and O–H groups in total. The minimum atomic E-state index is 0.432. The molecule has 0 spiro atoms. The normalized spacial score (nSPS) is 43.3. The molecule has 82 valence electrons. The molecule has 1 nitrogen and oxygen atoms in total. The van der Waals surface area contributed by atoms with Crippen LogP contribution in [0, 0.1) is 23.7 Å². The fourth-order valence-electron chi connectivity index (χ4n) is 3.79. The van der Waals surface area contributed by atoms with Gasteiger partial charge in [0.25, 0.3) is 0 Å². The summed E-state index contributed by atoms with van der Waals surface area (Å²) >= 11 is 0. The van der Waals surface area contributed by atoms with Gasteiger partial charge in [-0.05, 0) is 36.5 Å². The van der Waals surface area contributed by atoms with Crippen molar-refractivity contribution in [1.29, 1.82) is 0 Å². The van der Waals surface area contributed by atoms with E-state index in [4.69, 9.17) is 0 Å². The monoisotopic (exact) mass is 196 g/mol. The van der Waals surface area contributed by atoms with Gasteiger partial charge in [0, 0.05) is 6.61 Å². The van der Waals surface area contributed by atoms with Crippen LogP contribution in [0.4, 0.5) is 0 Å². The van der Waals surface area contributed by atoms with Gasteiger partial charge in [0.2, 0.25) is 0 Å². The molecule has 0 aromatic heterocycles. The second kappa shape index (κ2) is 4.65. The van der Waals surface area contributed by atoms with E-state index in [0.29, 0.717) is 12.5 Å². The molecule has 0 radical (unpaired) electrons. The largest absolute Gasteiger partial charge is 0.396 e. The van der Waals surface area contributed by atoms with E-state index < -0.39 is 0 Å². The molecule has 0 bridgehead atoms. The molecule has 0 aliphatic heterocycles. The number of hydrogen-bond donors (Lipinski definition) is 1. The molecule has 2 rings (SSSR count). The molecule has 14 heavy (non-hydrogen) atoms. The van der Waals surface area contributed by atoms with Crippen LogP contribution in [0.3, 0.4) is 0 Å². The average Bonchev–Trinajstić information content (AvgIpc) is 2.27. The average molecular weight is 196 g/mol. The van der Waals surface area contributed by atoms with Crippen molar-refractivity contribution in [1.82, 2.24) is 0 Å². The van der Waals surface area contributed by atoms with Crippen LogP contribution in [0.2, 0.25) is 0 Å². The molecule has 1 heteroatoms. The summed E-state index contributed by atoms with van der Waals surface area (Å²) in [4.78, 5) is 0. The van der Waals surface area contributed by atoms with E-state index in [1.54, 1.807) is 0 Å². The van der Waals surface area contributed by atoms with E-state index in [1.165, 1.54) is 44.9 Å². The SMILES string of the molecule is CCC1CC2CCCCC2CC1CO. The van der Waals surface area contributed by atoms with Gasteiger partial charge in [0.15, 0.2) is 0 Å². The van der Waals surface area contributed by atoms with Crippen LogP contribution >= 0.6 is 0 Å². The molecule has 4 atom stereocenters. The van der Waals surface area contributed by atoms with Gasteiger partial charge in [-0.2, -0.15) is 0 Å². The van der Waals surface area contributed by atoms with Gasteiger partial charge in [-0.25, -0.2) is 0 Å². The zero-order valence-corrected chi connectivity index (χ0v) is 9.41. The second-order valence-corrected chi connectivity index (χ2v) is 5.39. The van der Waals surface area contributed by atoms with Crippen molar-refractivity contribution in [2.75, 3.05) is 6.61 Å². The van der Waals surface area contributed by atoms with Gasteiger partial charge in [-0.3, -0.25) is 0 Å². The first-order valence-electron chi connectivity index (χ1n) is 6.46. The van der Waals surface area contributed by atoms with E-state index in [-0.39, 0.29) is 0 Å². The first kappa shape index (κ1) is 10.5. The Bertz CT molecular complexity index is 154. The van der Waals surface area contributed by atoms with Crippen LogP contribution in [0.5, 0.6) is 0 Å². The van der Waals surface area contributed by atoms with Crippen LogP contribution in [-0.4, -0.2) is 11.7 Å². The highest BCUT2D eigenvalue weighted by atomic mass is 16.3. The maximum atomic E-state index is 9.38. The van der Waals surface area contributed by atoms with Gasteiger partial charge < -0.3 is 5.11 Å². The highest BCUT2D eigenvalue weighted by Crippen LogP contribution is 2.45. The van der Waals surface area contributed by atoms with E-state index in [1.807, 2.05) is 0 Å². The predicted octanol–water partition coefficient (Wildman–Crippen LogP) is 3.22. The lowest BCUT2D eigenvalue weighted by Crippen LogP contribution is -2.35. The van der Waals surface area contributed by atoms with Crippen LogP contribution in [0.25, 0.3) is 0 Å². The van der Waals surface area contributed by atoms with Crippen molar-refractivity contribution in [3.05, 3.63) is 0 Å². The fraction of sp³-hybridized carbons (Fsp3) is 1.00. The summed E-state index contributed by atoms with van der Waals surface area (Å²) in [7, 11) is 0. The van der Waals surface area contributed by atoms with E-state index in [0.717, 1.165) is 17.8 Å². The molecule has 0 heterocycles. The van der Waals surface area contributed by atoms with Gasteiger partial charge >= 0.3 is 0 Å². The van der Waals surface area contributed by atoms with Crippen LogP contribution in [0.15, 0.2) is 0 Å². The Hall–Kier alpha value is -0.0400. The van der Waals surface area contributed by atoms with Gasteiger partial charge in [0.1, 0.15) is 0 Å². The minimum Gasteiger partial charge on any atom is -0.396 e. The Labute approximate surface area is 87.9 Å². The molecular formula is C13H24O. The summed E-state index contributed by atoms with van der Waals surface area (Å²) in [5.41, 5.74) is 0. The zero-order chi connectivity index (χ0) is 9.97. The Balaban J connectivity index is 1.98. The van der Waals surface area contributed by atoms with Crippen molar-refractivity contribution in [3.8, 4) is 0 Å². The second-order valence-electron chi connectivity index (χ2n) is 5.39. The summed E-state index contributed by atoms with van der Waals surface area (Å²) in [5, 5.41) is 9.38. The summed E-state index contributed by atoms with van der Waals surface area (Å²) in [6, 6.07) is 0. The molecule has 2 aliphatic rings. The van der Waals surface area contributed by atoms with Crippen LogP contribution < -0.4 is 0 Å². The maximum absolute atomic E-state index is 9.38. The molecular weight excluding hydrogens is 172 g/mol. The van der Waals surface area contributed by atoms with Crippen molar-refractivity contribution in [2.24, 2.45) is 23.7 Å². The Morgan fingerprint density at radius 3 is 2.07 bits per heavy atom. The Kier molecular flexibility index (Phi) is 3.48. The molecule has 0 saturated heterocycles. The molecule has 0 aromatic carbocycles. The van der Waals surface area contributed by atoms with E-state index >= 15 is 0 Å². The van der Waals surface area contributed by atoms with Crippen molar-refractivity contribution >= 4 is 0 Å². The topological polar surface area (TPSA) is 20.2 Å². The lowest BCUT2D eigenvalue weighted by Gasteiger charge is -2.43. The smallest absolute Gasteiger partial charge is 0.0462 e. The number of rotatable bonds is 2. The van der Waals surface area contributed by atoms with Crippen molar-refractivity contribution in [2.45, 2.75) is 51.9 Å². The number of aliphatic hydroxyl groups is 1.